The molecule has 0 aliphatic rings. The molecule has 0 aliphatic heterocycles. The summed E-state index contributed by atoms with van der Waals surface area (Å²) in [7, 11) is -3.63. The van der Waals surface area contributed by atoms with Crippen molar-refractivity contribution in [1.29, 1.82) is 0 Å². The van der Waals surface area contributed by atoms with Crippen LogP contribution in [0.3, 0.4) is 0 Å². The van der Waals surface area contributed by atoms with Crippen molar-refractivity contribution in [2.24, 2.45) is 0 Å². The average Bonchev–Trinajstić information content (AvgIpc) is 2.69. The minimum atomic E-state index is -3.63. The number of sulfonamides is 1. The van der Waals surface area contributed by atoms with E-state index >= 15 is 0 Å². The van der Waals surface area contributed by atoms with Crippen LogP contribution in [0.2, 0.25) is 9.36 Å². The summed E-state index contributed by atoms with van der Waals surface area (Å²) in [5, 5.41) is 0.437. The first-order chi connectivity index (χ1) is 7.97. The van der Waals surface area contributed by atoms with Crippen molar-refractivity contribution < 1.29 is 8.42 Å². The SMILES string of the molecule is O=S(=O)(Nc1ccc(Cl)cn1)c1ccc(Cl)s1. The lowest BCUT2D eigenvalue weighted by molar-refractivity contribution is 0.603. The number of anilines is 1. The van der Waals surface area contributed by atoms with Crippen molar-refractivity contribution in [3.8, 4) is 0 Å². The zero-order valence-corrected chi connectivity index (χ0v) is 11.4. The Kier molecular flexibility index (Phi) is 3.58. The lowest BCUT2D eigenvalue weighted by atomic mass is 10.5. The number of pyridine rings is 1. The second-order valence-corrected chi connectivity index (χ2v) is 7.09. The van der Waals surface area contributed by atoms with Gasteiger partial charge in [-0.2, -0.15) is 0 Å². The number of nitrogens with zero attached hydrogens (tertiary/aromatic N) is 1. The Labute approximate surface area is 112 Å². The number of hydrogen-bond donors (Lipinski definition) is 1. The van der Waals surface area contributed by atoms with Gasteiger partial charge in [-0.3, -0.25) is 4.72 Å². The topological polar surface area (TPSA) is 59.1 Å². The lowest BCUT2D eigenvalue weighted by Crippen LogP contribution is -2.12. The molecule has 0 aliphatic carbocycles. The van der Waals surface area contributed by atoms with E-state index in [1.807, 2.05) is 0 Å². The molecule has 90 valence electrons. The smallest absolute Gasteiger partial charge is 0.263 e. The highest BCUT2D eigenvalue weighted by molar-refractivity contribution is 7.94. The normalized spacial score (nSPS) is 11.4. The Morgan fingerprint density at radius 2 is 1.94 bits per heavy atom. The van der Waals surface area contributed by atoms with Crippen LogP contribution in [0.5, 0.6) is 0 Å². The van der Waals surface area contributed by atoms with Gasteiger partial charge in [-0.25, -0.2) is 13.4 Å². The van der Waals surface area contributed by atoms with Crippen LogP contribution in [-0.2, 0) is 10.0 Å². The van der Waals surface area contributed by atoms with E-state index in [4.69, 9.17) is 23.2 Å². The molecule has 0 fully saturated rings. The van der Waals surface area contributed by atoms with Crippen LogP contribution in [0, 0.1) is 0 Å². The summed E-state index contributed by atoms with van der Waals surface area (Å²) in [6, 6.07) is 5.99. The van der Waals surface area contributed by atoms with Gasteiger partial charge < -0.3 is 0 Å². The second kappa shape index (κ2) is 4.81. The van der Waals surface area contributed by atoms with Gasteiger partial charge in [0.05, 0.1) is 9.36 Å². The molecular weight excluding hydrogens is 303 g/mol. The number of aromatic nitrogens is 1. The maximum absolute atomic E-state index is 11.9. The molecule has 0 saturated heterocycles. The summed E-state index contributed by atoms with van der Waals surface area (Å²) in [5.74, 6) is 0.207. The van der Waals surface area contributed by atoms with Gasteiger partial charge in [-0.1, -0.05) is 23.2 Å². The molecule has 2 aromatic rings. The molecule has 0 bridgehead atoms. The van der Waals surface area contributed by atoms with Crippen molar-refractivity contribution in [2.75, 3.05) is 4.72 Å². The highest BCUT2D eigenvalue weighted by Gasteiger charge is 2.17. The molecule has 2 heterocycles. The Bertz CT molecular complexity index is 623. The maximum atomic E-state index is 11.9. The van der Waals surface area contributed by atoms with Crippen molar-refractivity contribution in [1.82, 2.24) is 4.98 Å². The van der Waals surface area contributed by atoms with Gasteiger partial charge in [0.25, 0.3) is 10.0 Å². The van der Waals surface area contributed by atoms with Gasteiger partial charge in [-0.05, 0) is 24.3 Å². The second-order valence-electron chi connectivity index (χ2n) is 3.03. The monoisotopic (exact) mass is 308 g/mol. The highest BCUT2D eigenvalue weighted by Crippen LogP contribution is 2.26. The van der Waals surface area contributed by atoms with E-state index < -0.39 is 10.0 Å². The van der Waals surface area contributed by atoms with Crippen LogP contribution >= 0.6 is 34.5 Å². The third kappa shape index (κ3) is 3.10. The maximum Gasteiger partial charge on any atom is 0.272 e. The summed E-state index contributed by atoms with van der Waals surface area (Å²) < 4.78 is 26.6. The molecule has 4 nitrogen and oxygen atoms in total. The molecule has 2 rings (SSSR count). The summed E-state index contributed by atoms with van der Waals surface area (Å²) >= 11 is 12.3. The zero-order valence-electron chi connectivity index (χ0n) is 8.22. The first-order valence-corrected chi connectivity index (χ1v) is 7.43. The Hall–Kier alpha value is -0.820. The fraction of sp³-hybridized carbons (Fsp3) is 0. The van der Waals surface area contributed by atoms with Crippen molar-refractivity contribution >= 4 is 50.4 Å². The quantitative estimate of drug-likeness (QED) is 0.947. The number of halogens is 2. The van der Waals surface area contributed by atoms with Crippen LogP contribution in [-0.4, -0.2) is 13.4 Å². The number of rotatable bonds is 3. The van der Waals surface area contributed by atoms with Gasteiger partial charge in [0.1, 0.15) is 10.0 Å². The summed E-state index contributed by atoms with van der Waals surface area (Å²) in [6.45, 7) is 0. The first-order valence-electron chi connectivity index (χ1n) is 4.37. The van der Waals surface area contributed by atoms with Crippen LogP contribution in [0.25, 0.3) is 0 Å². The molecular formula is C9H6Cl2N2O2S2. The molecule has 0 saturated carbocycles. The molecule has 0 spiro atoms. The molecule has 2 aromatic heterocycles. The van der Waals surface area contributed by atoms with Crippen molar-refractivity contribution in [3.05, 3.63) is 39.8 Å². The van der Waals surface area contributed by atoms with E-state index in [9.17, 15) is 8.42 Å². The van der Waals surface area contributed by atoms with Crippen LogP contribution < -0.4 is 4.72 Å². The van der Waals surface area contributed by atoms with Gasteiger partial charge in [-0.15, -0.1) is 11.3 Å². The van der Waals surface area contributed by atoms with Gasteiger partial charge in [0.15, 0.2) is 0 Å². The standard InChI is InChI=1S/C9H6Cl2N2O2S2/c10-6-1-3-8(12-5-6)13-17(14,15)9-4-2-7(11)16-9/h1-5H,(H,12,13). The van der Waals surface area contributed by atoms with E-state index in [0.29, 0.717) is 9.36 Å². The Balaban J connectivity index is 2.26. The molecule has 0 amide bonds. The molecule has 8 heteroatoms. The predicted molar refractivity (Wildman–Crippen MR) is 69.4 cm³/mol. The highest BCUT2D eigenvalue weighted by atomic mass is 35.5. The van der Waals surface area contributed by atoms with Gasteiger partial charge in [0, 0.05) is 6.20 Å². The molecule has 0 unspecified atom stereocenters. The van der Waals surface area contributed by atoms with E-state index in [0.717, 1.165) is 11.3 Å². The van der Waals surface area contributed by atoms with Crippen LogP contribution in [0.4, 0.5) is 5.82 Å². The summed E-state index contributed by atoms with van der Waals surface area (Å²) in [5.41, 5.74) is 0. The average molecular weight is 309 g/mol. The van der Waals surface area contributed by atoms with E-state index in [-0.39, 0.29) is 10.0 Å². The predicted octanol–water partition coefficient (Wildman–Crippen LogP) is 3.25. The number of hydrogen-bond acceptors (Lipinski definition) is 4. The Morgan fingerprint density at radius 3 is 2.47 bits per heavy atom. The third-order valence-electron chi connectivity index (χ3n) is 1.78. The van der Waals surface area contributed by atoms with Gasteiger partial charge in [0.2, 0.25) is 0 Å². The van der Waals surface area contributed by atoms with Crippen molar-refractivity contribution in [3.63, 3.8) is 0 Å². The van der Waals surface area contributed by atoms with Crippen molar-refractivity contribution in [2.45, 2.75) is 4.21 Å². The van der Waals surface area contributed by atoms with Gasteiger partial charge >= 0.3 is 0 Å². The fourth-order valence-corrected chi connectivity index (χ4v) is 3.67. The van der Waals surface area contributed by atoms with Crippen LogP contribution in [0.15, 0.2) is 34.7 Å². The minimum absolute atomic E-state index is 0.138. The number of nitrogens with one attached hydrogen (secondary N) is 1. The van der Waals surface area contributed by atoms with E-state index in [1.165, 1.54) is 24.4 Å². The fourth-order valence-electron chi connectivity index (χ4n) is 1.07. The summed E-state index contributed by atoms with van der Waals surface area (Å²) in [4.78, 5) is 3.85. The molecule has 0 aromatic carbocycles. The van der Waals surface area contributed by atoms with Crippen LogP contribution in [0.1, 0.15) is 0 Å². The molecule has 0 atom stereocenters. The first kappa shape index (κ1) is 12.6. The molecule has 0 radical (unpaired) electrons. The zero-order chi connectivity index (χ0) is 12.5. The van der Waals surface area contributed by atoms with E-state index in [2.05, 4.69) is 9.71 Å². The molecule has 1 N–H and O–H groups in total. The summed E-state index contributed by atoms with van der Waals surface area (Å²) in [6.07, 6.45) is 1.36. The lowest BCUT2D eigenvalue weighted by Gasteiger charge is -2.04. The largest absolute Gasteiger partial charge is 0.272 e. The minimum Gasteiger partial charge on any atom is -0.263 e. The third-order valence-corrected chi connectivity index (χ3v) is 5.08. The number of thiophene rings is 1. The van der Waals surface area contributed by atoms with E-state index in [1.54, 1.807) is 6.07 Å². The Morgan fingerprint density at radius 1 is 1.18 bits per heavy atom. The molecule has 17 heavy (non-hydrogen) atoms.